The van der Waals surface area contributed by atoms with E-state index in [4.69, 9.17) is 19.4 Å². The van der Waals surface area contributed by atoms with Crippen LogP contribution >= 0.6 is 11.3 Å². The largest absolute Gasteiger partial charge is 0.454 e. The predicted molar refractivity (Wildman–Crippen MR) is 287 cm³/mol. The molecule has 0 fully saturated rings. The molecule has 0 bridgehead atoms. The summed E-state index contributed by atoms with van der Waals surface area (Å²) in [5, 5.41) is 11.4. The van der Waals surface area contributed by atoms with Crippen LogP contribution < -0.4 is 0 Å². The zero-order valence-corrected chi connectivity index (χ0v) is 38.0. The summed E-state index contributed by atoms with van der Waals surface area (Å²) in [7, 11) is 0. The van der Waals surface area contributed by atoms with Crippen LogP contribution in [0, 0.1) is 6.92 Å². The minimum absolute atomic E-state index is 0.547. The molecule has 0 aliphatic heterocycles. The number of furan rings is 1. The highest BCUT2D eigenvalue weighted by Gasteiger charge is 2.27. The SMILES string of the molecule is Cc1ccc2c(sc3ccccc32)c1-c1nc(-c2ccccc2)nc(-n2c3ccccc3c3ccc4c5ccccc5n(-c5cc(-c6cccc7ccccc67)cc6c5oc5ccccc56)c4c32)n1. The van der Waals surface area contributed by atoms with E-state index in [1.165, 1.54) is 26.2 Å². The number of aryl methyl sites for hydroxylation is 1. The minimum atomic E-state index is 0.547. The van der Waals surface area contributed by atoms with E-state index in [1.54, 1.807) is 11.3 Å². The van der Waals surface area contributed by atoms with E-state index in [1.807, 2.05) is 24.3 Å². The molecule has 322 valence electrons. The molecule has 0 saturated carbocycles. The van der Waals surface area contributed by atoms with Gasteiger partial charge in [-0.2, -0.15) is 9.97 Å². The zero-order valence-electron chi connectivity index (χ0n) is 37.2. The Morgan fingerprint density at radius 2 is 1.06 bits per heavy atom. The van der Waals surface area contributed by atoms with Gasteiger partial charge in [-0.1, -0.05) is 170 Å². The van der Waals surface area contributed by atoms with Crippen molar-refractivity contribution in [1.29, 1.82) is 0 Å². The number of thiophene rings is 1. The Labute approximate surface area is 398 Å². The minimum Gasteiger partial charge on any atom is -0.454 e. The smallest absolute Gasteiger partial charge is 0.238 e. The summed E-state index contributed by atoms with van der Waals surface area (Å²) in [6.45, 7) is 2.17. The van der Waals surface area contributed by atoms with Crippen molar-refractivity contribution in [2.24, 2.45) is 0 Å². The zero-order chi connectivity index (χ0) is 45.3. The fourth-order valence-corrected chi connectivity index (χ4v) is 12.3. The van der Waals surface area contributed by atoms with E-state index < -0.39 is 0 Å². The Hall–Kier alpha value is -8.91. The molecule has 0 spiro atoms. The fourth-order valence-electron chi connectivity index (χ4n) is 11.0. The molecule has 0 amide bonds. The first-order chi connectivity index (χ1) is 34.1. The lowest BCUT2D eigenvalue weighted by molar-refractivity contribution is 0.666. The topological polar surface area (TPSA) is 61.7 Å². The quantitative estimate of drug-likeness (QED) is 0.173. The van der Waals surface area contributed by atoms with Gasteiger partial charge >= 0.3 is 0 Å². The van der Waals surface area contributed by atoms with Gasteiger partial charge in [0, 0.05) is 63.6 Å². The van der Waals surface area contributed by atoms with E-state index in [0.717, 1.165) is 104 Å². The average molecular weight is 900 g/mol. The van der Waals surface area contributed by atoms with Crippen LogP contribution in [0.3, 0.4) is 0 Å². The molecule has 0 aliphatic carbocycles. The first-order valence-corrected chi connectivity index (χ1v) is 24.1. The molecular weight excluding hydrogens is 863 g/mol. The van der Waals surface area contributed by atoms with Crippen LogP contribution in [0.2, 0.25) is 0 Å². The van der Waals surface area contributed by atoms with Crippen molar-refractivity contribution >= 4 is 108 Å². The van der Waals surface area contributed by atoms with E-state index >= 15 is 0 Å². The van der Waals surface area contributed by atoms with Gasteiger partial charge in [-0.05, 0) is 70.8 Å². The molecule has 6 nitrogen and oxygen atoms in total. The highest BCUT2D eigenvalue weighted by Crippen LogP contribution is 2.46. The Morgan fingerprint density at radius 1 is 0.435 bits per heavy atom. The number of para-hydroxylation sites is 3. The number of benzene rings is 10. The summed E-state index contributed by atoms with van der Waals surface area (Å²) in [5.74, 6) is 1.79. The van der Waals surface area contributed by atoms with Crippen molar-refractivity contribution in [1.82, 2.24) is 24.1 Å². The molecule has 0 aliphatic rings. The van der Waals surface area contributed by atoms with Crippen LogP contribution in [0.5, 0.6) is 0 Å². The maximum atomic E-state index is 7.01. The maximum absolute atomic E-state index is 7.01. The first-order valence-electron chi connectivity index (χ1n) is 23.3. The lowest BCUT2D eigenvalue weighted by Gasteiger charge is -2.15. The van der Waals surface area contributed by atoms with Gasteiger partial charge in [0.2, 0.25) is 5.95 Å². The molecule has 7 heteroatoms. The van der Waals surface area contributed by atoms with Gasteiger partial charge < -0.3 is 8.98 Å². The first kappa shape index (κ1) is 38.2. The average Bonchev–Trinajstić information content (AvgIpc) is 4.16. The number of hydrogen-bond acceptors (Lipinski definition) is 5. The summed E-state index contributed by atoms with van der Waals surface area (Å²) < 4.78 is 14.1. The standard InChI is InChI=1S/C62H37N5OS/c1-36-30-31-48-45-24-10-14-29-54(45)69-59(48)55(36)61-63-60(38-17-3-2-4-18-38)64-62(65-61)67-51-27-12-8-22-43(51)47-33-32-46-42-21-7-11-26-50(42)66(56(46)57(47)67)52-35-39(41-25-15-19-37-16-5-6-20-40(37)41)34-49-44-23-9-13-28-53(44)68-58(49)52/h2-35H,1H3. The van der Waals surface area contributed by atoms with Crippen LogP contribution in [0.25, 0.3) is 142 Å². The summed E-state index contributed by atoms with van der Waals surface area (Å²) in [6, 6.07) is 73.6. The highest BCUT2D eigenvalue weighted by molar-refractivity contribution is 7.26. The lowest BCUT2D eigenvalue weighted by atomic mass is 9.96. The van der Waals surface area contributed by atoms with Gasteiger partial charge in [0.05, 0.1) is 27.8 Å². The number of rotatable bonds is 5. The molecule has 15 rings (SSSR count). The molecule has 0 N–H and O–H groups in total. The van der Waals surface area contributed by atoms with E-state index in [-0.39, 0.29) is 0 Å². The number of aromatic nitrogens is 5. The normalized spacial score (nSPS) is 12.1. The maximum Gasteiger partial charge on any atom is 0.238 e. The Morgan fingerprint density at radius 3 is 1.87 bits per heavy atom. The van der Waals surface area contributed by atoms with Gasteiger partial charge in [0.1, 0.15) is 5.58 Å². The van der Waals surface area contributed by atoms with Crippen LogP contribution in [0.15, 0.2) is 211 Å². The predicted octanol–water partition coefficient (Wildman–Crippen LogP) is 16.8. The van der Waals surface area contributed by atoms with Crippen molar-refractivity contribution in [2.45, 2.75) is 6.92 Å². The van der Waals surface area contributed by atoms with E-state index in [0.29, 0.717) is 17.6 Å². The molecule has 0 atom stereocenters. The van der Waals surface area contributed by atoms with Gasteiger partial charge in [-0.15, -0.1) is 11.3 Å². The van der Waals surface area contributed by atoms with Crippen molar-refractivity contribution in [3.63, 3.8) is 0 Å². The molecular formula is C62H37N5OS. The molecule has 5 heterocycles. The highest BCUT2D eigenvalue weighted by atomic mass is 32.1. The molecule has 0 saturated heterocycles. The van der Waals surface area contributed by atoms with Gasteiger partial charge in [0.15, 0.2) is 17.2 Å². The van der Waals surface area contributed by atoms with E-state index in [2.05, 4.69) is 198 Å². The fraction of sp³-hybridized carbons (Fsp3) is 0.0161. The Bertz CT molecular complexity index is 4630. The second-order valence-electron chi connectivity index (χ2n) is 17.9. The molecule has 69 heavy (non-hydrogen) atoms. The van der Waals surface area contributed by atoms with Crippen LogP contribution in [-0.2, 0) is 0 Å². The molecule has 0 unspecified atom stereocenters. The third-order valence-corrected chi connectivity index (χ3v) is 15.3. The third-order valence-electron chi connectivity index (χ3n) is 14.1. The van der Waals surface area contributed by atoms with Crippen molar-refractivity contribution in [3.05, 3.63) is 212 Å². The third kappa shape index (κ3) is 5.56. The van der Waals surface area contributed by atoms with Crippen LogP contribution in [0.1, 0.15) is 5.56 Å². The van der Waals surface area contributed by atoms with Gasteiger partial charge in [-0.3, -0.25) is 4.57 Å². The number of nitrogens with zero attached hydrogens (tertiary/aromatic N) is 5. The van der Waals surface area contributed by atoms with E-state index in [9.17, 15) is 0 Å². The number of hydrogen-bond donors (Lipinski definition) is 0. The number of fused-ring (bicyclic) bond motifs is 14. The van der Waals surface area contributed by atoms with Crippen molar-refractivity contribution < 1.29 is 4.42 Å². The summed E-state index contributed by atoms with van der Waals surface area (Å²) in [6.07, 6.45) is 0. The van der Waals surface area contributed by atoms with Crippen molar-refractivity contribution in [2.75, 3.05) is 0 Å². The molecule has 15 aromatic rings. The second kappa shape index (κ2) is 14.5. The molecule has 0 radical (unpaired) electrons. The van der Waals surface area contributed by atoms with Crippen LogP contribution in [0.4, 0.5) is 0 Å². The van der Waals surface area contributed by atoms with Crippen molar-refractivity contribution in [3.8, 4) is 45.5 Å². The summed E-state index contributed by atoms with van der Waals surface area (Å²) in [4.78, 5) is 16.4. The van der Waals surface area contributed by atoms with Crippen LogP contribution in [-0.4, -0.2) is 24.1 Å². The Balaban J connectivity index is 1.10. The summed E-state index contributed by atoms with van der Waals surface area (Å²) >= 11 is 1.79. The summed E-state index contributed by atoms with van der Waals surface area (Å²) in [5.41, 5.74) is 12.0. The Kier molecular flexibility index (Phi) is 8.06. The monoisotopic (exact) mass is 899 g/mol. The van der Waals surface area contributed by atoms with Gasteiger partial charge in [-0.25, -0.2) is 4.98 Å². The van der Waals surface area contributed by atoms with Gasteiger partial charge in [0.25, 0.3) is 0 Å². The second-order valence-corrected chi connectivity index (χ2v) is 19.0. The molecule has 10 aromatic carbocycles. The molecule has 5 aromatic heterocycles. The lowest BCUT2D eigenvalue weighted by Crippen LogP contribution is -2.07.